The highest BCUT2D eigenvalue weighted by Gasteiger charge is 2.45. The molecule has 0 aromatic heterocycles. The van der Waals surface area contributed by atoms with Crippen LogP contribution in [0.15, 0.2) is 24.3 Å². The molecule has 19 heavy (non-hydrogen) atoms. The summed E-state index contributed by atoms with van der Waals surface area (Å²) in [6, 6.07) is 6.49. The number of halogens is 1. The Bertz CT molecular complexity index is 511. The van der Waals surface area contributed by atoms with Crippen molar-refractivity contribution >= 4 is 29.1 Å². The van der Waals surface area contributed by atoms with Gasteiger partial charge in [0.1, 0.15) is 11.6 Å². The van der Waals surface area contributed by atoms with Crippen LogP contribution in [0.3, 0.4) is 0 Å². The third-order valence-corrected chi connectivity index (χ3v) is 3.55. The summed E-state index contributed by atoms with van der Waals surface area (Å²) in [4.78, 5) is 26.2. The van der Waals surface area contributed by atoms with Gasteiger partial charge in [-0.15, -0.1) is 0 Å². The SMILES string of the molecule is CCC1C(=O)NC(C)(C)C(=O)N1c1ccc(Cl)cc1. The second-order valence-corrected chi connectivity index (χ2v) is 5.63. The summed E-state index contributed by atoms with van der Waals surface area (Å²) in [5.74, 6) is -0.233. The van der Waals surface area contributed by atoms with Crippen LogP contribution in [0.4, 0.5) is 5.69 Å². The molecule has 0 radical (unpaired) electrons. The van der Waals surface area contributed by atoms with Gasteiger partial charge in [0.2, 0.25) is 5.91 Å². The van der Waals surface area contributed by atoms with E-state index in [1.54, 1.807) is 43.0 Å². The van der Waals surface area contributed by atoms with Crippen LogP contribution in [-0.2, 0) is 9.59 Å². The summed E-state index contributed by atoms with van der Waals surface area (Å²) >= 11 is 5.86. The molecule has 0 spiro atoms. The van der Waals surface area contributed by atoms with Crippen molar-refractivity contribution in [3.05, 3.63) is 29.3 Å². The maximum Gasteiger partial charge on any atom is 0.252 e. The van der Waals surface area contributed by atoms with Gasteiger partial charge in [0, 0.05) is 10.7 Å². The molecule has 1 aromatic carbocycles. The number of nitrogens with zero attached hydrogens (tertiary/aromatic N) is 1. The molecule has 0 saturated carbocycles. The third kappa shape index (κ3) is 2.45. The van der Waals surface area contributed by atoms with Crippen molar-refractivity contribution in [1.82, 2.24) is 5.32 Å². The second kappa shape index (κ2) is 4.85. The summed E-state index contributed by atoms with van der Waals surface area (Å²) in [5.41, 5.74) is -0.188. The summed E-state index contributed by atoms with van der Waals surface area (Å²) in [5, 5.41) is 3.36. The normalized spacial score (nSPS) is 22.3. The molecule has 0 aliphatic carbocycles. The van der Waals surface area contributed by atoms with Crippen LogP contribution < -0.4 is 10.2 Å². The van der Waals surface area contributed by atoms with E-state index in [4.69, 9.17) is 11.6 Å². The fraction of sp³-hybridized carbons (Fsp3) is 0.429. The number of hydrogen-bond donors (Lipinski definition) is 1. The molecule has 1 fully saturated rings. The molecule has 1 aliphatic rings. The Kier molecular flexibility index (Phi) is 3.54. The van der Waals surface area contributed by atoms with Gasteiger partial charge < -0.3 is 5.32 Å². The molecule has 1 aliphatic heterocycles. The molecule has 0 bridgehead atoms. The molecular weight excluding hydrogens is 264 g/mol. The molecule has 2 amide bonds. The van der Waals surface area contributed by atoms with Crippen molar-refractivity contribution in [2.45, 2.75) is 38.8 Å². The number of anilines is 1. The molecule has 4 nitrogen and oxygen atoms in total. The van der Waals surface area contributed by atoms with E-state index in [-0.39, 0.29) is 11.8 Å². The van der Waals surface area contributed by atoms with Crippen LogP contribution in [-0.4, -0.2) is 23.4 Å². The molecule has 1 heterocycles. The molecule has 1 atom stereocenters. The molecule has 5 heteroatoms. The van der Waals surface area contributed by atoms with E-state index >= 15 is 0 Å². The van der Waals surface area contributed by atoms with E-state index in [0.29, 0.717) is 17.1 Å². The lowest BCUT2D eigenvalue weighted by atomic mass is 9.95. The first kappa shape index (κ1) is 13.9. The van der Waals surface area contributed by atoms with Crippen LogP contribution in [0, 0.1) is 0 Å². The summed E-state index contributed by atoms with van der Waals surface area (Å²) < 4.78 is 0. The van der Waals surface area contributed by atoms with E-state index in [9.17, 15) is 9.59 Å². The Morgan fingerprint density at radius 3 is 2.37 bits per heavy atom. The van der Waals surface area contributed by atoms with Crippen LogP contribution in [0.1, 0.15) is 27.2 Å². The van der Waals surface area contributed by atoms with Crippen LogP contribution in [0.25, 0.3) is 0 Å². The van der Waals surface area contributed by atoms with Gasteiger partial charge in [-0.2, -0.15) is 0 Å². The van der Waals surface area contributed by atoms with Crippen molar-refractivity contribution in [2.75, 3.05) is 4.90 Å². The number of amides is 2. The fourth-order valence-corrected chi connectivity index (χ4v) is 2.40. The Labute approximate surface area is 117 Å². The number of carbonyl (C=O) groups is 2. The standard InChI is InChI=1S/C14H17ClN2O2/c1-4-11-12(18)16-14(2,3)13(19)17(11)10-7-5-9(15)6-8-10/h5-8,11H,4H2,1-3H3,(H,16,18). The van der Waals surface area contributed by atoms with Crippen molar-refractivity contribution in [2.24, 2.45) is 0 Å². The van der Waals surface area contributed by atoms with Gasteiger partial charge in [-0.1, -0.05) is 18.5 Å². The van der Waals surface area contributed by atoms with E-state index in [1.807, 2.05) is 6.92 Å². The van der Waals surface area contributed by atoms with Gasteiger partial charge >= 0.3 is 0 Å². The molecule has 2 rings (SSSR count). The maximum absolute atomic E-state index is 12.5. The van der Waals surface area contributed by atoms with E-state index in [1.165, 1.54) is 0 Å². The lowest BCUT2D eigenvalue weighted by molar-refractivity contribution is -0.137. The van der Waals surface area contributed by atoms with E-state index < -0.39 is 11.6 Å². The smallest absolute Gasteiger partial charge is 0.252 e. The summed E-state index contributed by atoms with van der Waals surface area (Å²) in [6.45, 7) is 5.31. The molecule has 1 N–H and O–H groups in total. The van der Waals surface area contributed by atoms with Gasteiger partial charge in [-0.3, -0.25) is 14.5 Å². The topological polar surface area (TPSA) is 49.4 Å². The molecular formula is C14H17ClN2O2. The second-order valence-electron chi connectivity index (χ2n) is 5.19. The largest absolute Gasteiger partial charge is 0.340 e. The Hall–Kier alpha value is -1.55. The zero-order valence-electron chi connectivity index (χ0n) is 11.2. The number of rotatable bonds is 2. The van der Waals surface area contributed by atoms with Crippen molar-refractivity contribution < 1.29 is 9.59 Å². The van der Waals surface area contributed by atoms with Crippen molar-refractivity contribution in [3.63, 3.8) is 0 Å². The number of nitrogens with one attached hydrogen (secondary N) is 1. The van der Waals surface area contributed by atoms with E-state index in [0.717, 1.165) is 0 Å². The first-order valence-electron chi connectivity index (χ1n) is 6.28. The first-order valence-corrected chi connectivity index (χ1v) is 6.66. The predicted molar refractivity (Wildman–Crippen MR) is 75.2 cm³/mol. The number of benzene rings is 1. The number of carbonyl (C=O) groups excluding carboxylic acids is 2. The van der Waals surface area contributed by atoms with Gasteiger partial charge in [-0.05, 0) is 44.5 Å². The van der Waals surface area contributed by atoms with Crippen molar-refractivity contribution in [3.8, 4) is 0 Å². The fourth-order valence-electron chi connectivity index (χ4n) is 2.27. The average molecular weight is 281 g/mol. The lowest BCUT2D eigenvalue weighted by Gasteiger charge is -2.42. The van der Waals surface area contributed by atoms with Gasteiger partial charge in [0.05, 0.1) is 0 Å². The molecule has 1 aromatic rings. The van der Waals surface area contributed by atoms with Crippen LogP contribution in [0.5, 0.6) is 0 Å². The Morgan fingerprint density at radius 2 is 1.84 bits per heavy atom. The van der Waals surface area contributed by atoms with E-state index in [2.05, 4.69) is 5.32 Å². The first-order chi connectivity index (χ1) is 8.86. The molecule has 1 unspecified atom stereocenters. The lowest BCUT2D eigenvalue weighted by Crippen LogP contribution is -2.68. The predicted octanol–water partition coefficient (Wildman–Crippen LogP) is 2.36. The van der Waals surface area contributed by atoms with Crippen LogP contribution in [0.2, 0.25) is 5.02 Å². The minimum Gasteiger partial charge on any atom is -0.340 e. The zero-order chi connectivity index (χ0) is 14.2. The molecule has 1 saturated heterocycles. The van der Waals surface area contributed by atoms with Crippen LogP contribution >= 0.6 is 11.6 Å². The monoisotopic (exact) mass is 280 g/mol. The highest BCUT2D eigenvalue weighted by Crippen LogP contribution is 2.27. The highest BCUT2D eigenvalue weighted by atomic mass is 35.5. The number of hydrogen-bond acceptors (Lipinski definition) is 2. The average Bonchev–Trinajstić information content (AvgIpc) is 2.34. The highest BCUT2D eigenvalue weighted by molar-refractivity contribution is 6.30. The zero-order valence-corrected chi connectivity index (χ0v) is 12.0. The van der Waals surface area contributed by atoms with Crippen molar-refractivity contribution in [1.29, 1.82) is 0 Å². The molecule has 102 valence electrons. The minimum atomic E-state index is -0.887. The van der Waals surface area contributed by atoms with Gasteiger partial charge in [-0.25, -0.2) is 0 Å². The maximum atomic E-state index is 12.5. The minimum absolute atomic E-state index is 0.110. The summed E-state index contributed by atoms with van der Waals surface area (Å²) in [6.07, 6.45) is 0.566. The quantitative estimate of drug-likeness (QED) is 0.904. The summed E-state index contributed by atoms with van der Waals surface area (Å²) in [7, 11) is 0. The van der Waals surface area contributed by atoms with Gasteiger partial charge in [0.15, 0.2) is 0 Å². The number of piperazine rings is 1. The Morgan fingerprint density at radius 1 is 1.26 bits per heavy atom. The van der Waals surface area contributed by atoms with Gasteiger partial charge in [0.25, 0.3) is 5.91 Å². The Balaban J connectivity index is 2.45. The third-order valence-electron chi connectivity index (χ3n) is 3.29.